The minimum absolute atomic E-state index is 0.134. The highest BCUT2D eigenvalue weighted by molar-refractivity contribution is 6.04. The van der Waals surface area contributed by atoms with E-state index in [0.29, 0.717) is 22.3 Å². The molecule has 0 saturated carbocycles. The fraction of sp³-hybridized carbons (Fsp3) is 0.0909. The third-order valence-corrected chi connectivity index (χ3v) is 4.85. The normalized spacial score (nSPS) is 10.8. The molecule has 9 nitrogen and oxygen atoms in total. The number of rotatable bonds is 5. The minimum atomic E-state index is -0.530. The number of nitrogens with zero attached hydrogens (tertiary/aromatic N) is 4. The van der Waals surface area contributed by atoms with Crippen molar-refractivity contribution in [3.8, 4) is 11.4 Å². The molecule has 4 aromatic rings. The molecule has 31 heavy (non-hydrogen) atoms. The number of nitro benzene ring substituents is 1. The number of carbonyl (C=O) groups is 1. The van der Waals surface area contributed by atoms with Crippen LogP contribution in [0.1, 0.15) is 10.4 Å². The van der Waals surface area contributed by atoms with E-state index >= 15 is 0 Å². The van der Waals surface area contributed by atoms with Gasteiger partial charge in [-0.05, 0) is 48.5 Å². The standard InChI is InChI=1S/C22H19N5O4/c1-25(2)17-5-3-4-15(12-17)22(28)23-16-8-6-14(7-9-16)21-24-19-11-10-18(27(30)31)13-20(19)26(21)29/h3-13,29H,1-2H3,(H,23,28). The maximum Gasteiger partial charge on any atom is 0.271 e. The molecule has 0 saturated heterocycles. The zero-order chi connectivity index (χ0) is 22.1. The predicted octanol–water partition coefficient (Wildman–Crippen LogP) is 4.17. The van der Waals surface area contributed by atoms with E-state index in [1.54, 1.807) is 36.4 Å². The van der Waals surface area contributed by atoms with Crippen LogP contribution >= 0.6 is 0 Å². The van der Waals surface area contributed by atoms with Crippen LogP contribution in [0.3, 0.4) is 0 Å². The molecule has 1 heterocycles. The van der Waals surface area contributed by atoms with Crippen LogP contribution in [0.5, 0.6) is 0 Å². The minimum Gasteiger partial charge on any atom is -0.426 e. The summed E-state index contributed by atoms with van der Waals surface area (Å²) >= 11 is 0. The van der Waals surface area contributed by atoms with Crippen molar-refractivity contribution in [1.29, 1.82) is 0 Å². The first-order valence-corrected chi connectivity index (χ1v) is 9.39. The van der Waals surface area contributed by atoms with Crippen LogP contribution in [0, 0.1) is 10.1 Å². The molecule has 0 aliphatic carbocycles. The lowest BCUT2D eigenvalue weighted by Crippen LogP contribution is -2.14. The van der Waals surface area contributed by atoms with Gasteiger partial charge in [0, 0.05) is 48.7 Å². The third-order valence-electron chi connectivity index (χ3n) is 4.85. The smallest absolute Gasteiger partial charge is 0.271 e. The van der Waals surface area contributed by atoms with E-state index in [4.69, 9.17) is 0 Å². The van der Waals surface area contributed by atoms with Crippen molar-refractivity contribution < 1.29 is 14.9 Å². The lowest BCUT2D eigenvalue weighted by molar-refractivity contribution is -0.384. The lowest BCUT2D eigenvalue weighted by atomic mass is 10.1. The average Bonchev–Trinajstić information content (AvgIpc) is 3.10. The second-order valence-electron chi connectivity index (χ2n) is 7.15. The Morgan fingerprint density at radius 2 is 1.84 bits per heavy atom. The van der Waals surface area contributed by atoms with Gasteiger partial charge >= 0.3 is 0 Å². The molecule has 1 amide bonds. The maximum absolute atomic E-state index is 12.6. The number of hydrogen-bond acceptors (Lipinski definition) is 6. The van der Waals surface area contributed by atoms with Crippen LogP contribution in [-0.2, 0) is 0 Å². The first-order valence-electron chi connectivity index (χ1n) is 9.39. The van der Waals surface area contributed by atoms with Gasteiger partial charge in [-0.15, -0.1) is 0 Å². The highest BCUT2D eigenvalue weighted by Gasteiger charge is 2.16. The average molecular weight is 417 g/mol. The Morgan fingerprint density at radius 1 is 1.10 bits per heavy atom. The summed E-state index contributed by atoms with van der Waals surface area (Å²) in [5.74, 6) is 0.00483. The van der Waals surface area contributed by atoms with E-state index in [2.05, 4.69) is 10.3 Å². The molecule has 0 unspecified atom stereocenters. The lowest BCUT2D eigenvalue weighted by Gasteiger charge is -2.13. The molecular weight excluding hydrogens is 398 g/mol. The topological polar surface area (TPSA) is 114 Å². The number of amides is 1. The van der Waals surface area contributed by atoms with Gasteiger partial charge in [0.2, 0.25) is 0 Å². The van der Waals surface area contributed by atoms with Crippen molar-refractivity contribution in [1.82, 2.24) is 9.71 Å². The second-order valence-corrected chi connectivity index (χ2v) is 7.15. The highest BCUT2D eigenvalue weighted by Crippen LogP contribution is 2.27. The number of anilines is 2. The SMILES string of the molecule is CN(C)c1cccc(C(=O)Nc2ccc(-c3nc4ccc([N+](=O)[O-])cc4n3O)cc2)c1. The van der Waals surface area contributed by atoms with Gasteiger partial charge < -0.3 is 15.4 Å². The van der Waals surface area contributed by atoms with Crippen LogP contribution in [0.15, 0.2) is 66.7 Å². The Kier molecular flexibility index (Phi) is 5.00. The maximum atomic E-state index is 12.6. The van der Waals surface area contributed by atoms with Crippen molar-refractivity contribution in [3.05, 3.63) is 82.4 Å². The molecule has 4 rings (SSSR count). The van der Waals surface area contributed by atoms with Gasteiger partial charge in [-0.3, -0.25) is 14.9 Å². The zero-order valence-corrected chi connectivity index (χ0v) is 16.8. The summed E-state index contributed by atoms with van der Waals surface area (Å²) in [4.78, 5) is 29.3. The van der Waals surface area contributed by atoms with Crippen molar-refractivity contribution >= 4 is 34.0 Å². The molecule has 156 valence electrons. The molecule has 0 radical (unpaired) electrons. The summed E-state index contributed by atoms with van der Waals surface area (Å²) in [5.41, 5.74) is 3.17. The number of aromatic nitrogens is 2. The van der Waals surface area contributed by atoms with Crippen LogP contribution in [0.4, 0.5) is 17.1 Å². The van der Waals surface area contributed by atoms with Gasteiger partial charge in [-0.2, -0.15) is 4.73 Å². The monoisotopic (exact) mass is 417 g/mol. The first-order chi connectivity index (χ1) is 14.8. The van der Waals surface area contributed by atoms with E-state index in [1.807, 2.05) is 31.1 Å². The van der Waals surface area contributed by atoms with E-state index < -0.39 is 4.92 Å². The molecule has 0 aliphatic rings. The molecule has 9 heteroatoms. The molecule has 3 aromatic carbocycles. The van der Waals surface area contributed by atoms with Crippen molar-refractivity contribution in [2.45, 2.75) is 0 Å². The predicted molar refractivity (Wildman–Crippen MR) is 118 cm³/mol. The molecule has 0 atom stereocenters. The summed E-state index contributed by atoms with van der Waals surface area (Å²) in [6, 6.07) is 18.2. The summed E-state index contributed by atoms with van der Waals surface area (Å²) in [6.45, 7) is 0. The van der Waals surface area contributed by atoms with Gasteiger partial charge in [-0.25, -0.2) is 4.98 Å². The van der Waals surface area contributed by atoms with Crippen LogP contribution in [0.2, 0.25) is 0 Å². The number of nitro groups is 1. The number of nitrogens with one attached hydrogen (secondary N) is 1. The van der Waals surface area contributed by atoms with E-state index in [9.17, 15) is 20.1 Å². The fourth-order valence-corrected chi connectivity index (χ4v) is 3.18. The Bertz CT molecular complexity index is 1300. The molecule has 0 aliphatic heterocycles. The summed E-state index contributed by atoms with van der Waals surface area (Å²) in [5, 5.41) is 24.3. The van der Waals surface area contributed by atoms with E-state index in [0.717, 1.165) is 10.4 Å². The van der Waals surface area contributed by atoms with Crippen LogP contribution in [0.25, 0.3) is 22.4 Å². The van der Waals surface area contributed by atoms with Crippen molar-refractivity contribution in [2.75, 3.05) is 24.3 Å². The zero-order valence-electron chi connectivity index (χ0n) is 16.8. The van der Waals surface area contributed by atoms with Gasteiger partial charge in [0.1, 0.15) is 5.52 Å². The van der Waals surface area contributed by atoms with Crippen LogP contribution in [-0.4, -0.2) is 39.8 Å². The molecule has 0 spiro atoms. The van der Waals surface area contributed by atoms with E-state index in [1.165, 1.54) is 18.2 Å². The number of imidazole rings is 1. The fourth-order valence-electron chi connectivity index (χ4n) is 3.18. The number of fused-ring (bicyclic) bond motifs is 1. The summed E-state index contributed by atoms with van der Waals surface area (Å²) in [7, 11) is 3.81. The van der Waals surface area contributed by atoms with Crippen molar-refractivity contribution in [2.24, 2.45) is 0 Å². The quantitative estimate of drug-likeness (QED) is 0.286. The Morgan fingerprint density at radius 3 is 2.52 bits per heavy atom. The Balaban J connectivity index is 1.57. The summed E-state index contributed by atoms with van der Waals surface area (Å²) in [6.07, 6.45) is 0. The highest BCUT2D eigenvalue weighted by atomic mass is 16.6. The van der Waals surface area contributed by atoms with Gasteiger partial charge in [0.15, 0.2) is 5.82 Å². The third kappa shape index (κ3) is 3.88. The van der Waals surface area contributed by atoms with Gasteiger partial charge in [-0.1, -0.05) is 6.07 Å². The molecule has 2 N–H and O–H groups in total. The Hall–Kier alpha value is -4.40. The van der Waals surface area contributed by atoms with Gasteiger partial charge in [0.05, 0.1) is 10.4 Å². The first kappa shape index (κ1) is 19.9. The number of non-ortho nitro benzene ring substituents is 1. The molecule has 1 aromatic heterocycles. The van der Waals surface area contributed by atoms with Crippen LogP contribution < -0.4 is 10.2 Å². The number of hydrogen-bond donors (Lipinski definition) is 2. The van der Waals surface area contributed by atoms with Crippen molar-refractivity contribution in [3.63, 3.8) is 0 Å². The second kappa shape index (κ2) is 7.79. The molecular formula is C22H19N5O4. The molecule has 0 fully saturated rings. The largest absolute Gasteiger partial charge is 0.426 e. The number of benzene rings is 3. The van der Waals surface area contributed by atoms with Gasteiger partial charge in [0.25, 0.3) is 11.6 Å². The van der Waals surface area contributed by atoms with E-state index in [-0.39, 0.29) is 22.9 Å². The Labute approximate surface area is 177 Å². The molecule has 0 bridgehead atoms. The number of carbonyl (C=O) groups excluding carboxylic acids is 1. The summed E-state index contributed by atoms with van der Waals surface area (Å²) < 4.78 is 0.822.